The van der Waals surface area contributed by atoms with Crippen molar-refractivity contribution in [2.24, 2.45) is 10.7 Å². The molecular formula is C24H34N4O6. The number of carbonyl (C=O) groups excluding carboxylic acids is 2. The van der Waals surface area contributed by atoms with E-state index in [0.717, 1.165) is 19.3 Å². The van der Waals surface area contributed by atoms with Gasteiger partial charge >= 0.3 is 5.97 Å². The average molecular weight is 475 g/mol. The molecule has 10 nitrogen and oxygen atoms in total. The number of hydrogen-bond acceptors (Lipinski definition) is 10. The highest BCUT2D eigenvalue weighted by Crippen LogP contribution is 2.38. The summed E-state index contributed by atoms with van der Waals surface area (Å²) in [5, 5.41) is 2.49. The maximum absolute atomic E-state index is 12.8. The van der Waals surface area contributed by atoms with Crippen molar-refractivity contribution in [2.45, 2.75) is 52.2 Å². The van der Waals surface area contributed by atoms with Crippen LogP contribution in [0.2, 0.25) is 0 Å². The second kappa shape index (κ2) is 13.5. The molecule has 2 aromatic rings. The topological polar surface area (TPSA) is 129 Å². The van der Waals surface area contributed by atoms with Crippen LogP contribution in [0.4, 0.5) is 5.69 Å². The highest BCUT2D eigenvalue weighted by atomic mass is 16.7. The Morgan fingerprint density at radius 2 is 2.12 bits per heavy atom. The standard InChI is InChI=1S/C23H32N4O5.CH2O/c1-5-17-10-16(8-9-30-17)27(31-7-3)21-18-11-19(15(12-24)13-25-4)26-14-20(18)32-22(21)23(28)29-6-2;1-2/h11-14,16-17H,5-10,24H2,1-4H3;1H2/b15-12+,25-13?;. The zero-order valence-electron chi connectivity index (χ0n) is 20.3. The molecule has 1 fully saturated rings. The van der Waals surface area contributed by atoms with Gasteiger partial charge in [0.1, 0.15) is 12.5 Å². The minimum absolute atomic E-state index is 0.0148. The number of nitrogens with two attached hydrogens (primary N) is 1. The highest BCUT2D eigenvalue weighted by Gasteiger charge is 2.34. The molecule has 0 saturated carbocycles. The van der Waals surface area contributed by atoms with Crippen LogP contribution in [0.5, 0.6) is 0 Å². The van der Waals surface area contributed by atoms with E-state index in [-0.39, 0.29) is 24.5 Å². The Morgan fingerprint density at radius 3 is 2.74 bits per heavy atom. The molecule has 0 amide bonds. The first-order valence-corrected chi connectivity index (χ1v) is 11.3. The summed E-state index contributed by atoms with van der Waals surface area (Å²) >= 11 is 0. The maximum atomic E-state index is 12.8. The molecule has 2 atom stereocenters. The molecule has 2 aromatic heterocycles. The number of hydrogen-bond donors (Lipinski definition) is 1. The molecule has 2 unspecified atom stereocenters. The molecule has 186 valence electrons. The number of rotatable bonds is 9. The van der Waals surface area contributed by atoms with E-state index >= 15 is 0 Å². The van der Waals surface area contributed by atoms with Gasteiger partial charge in [0.15, 0.2) is 5.58 Å². The fourth-order valence-corrected chi connectivity index (χ4v) is 3.88. The number of aliphatic imine (C=N–C) groups is 1. The first-order valence-electron chi connectivity index (χ1n) is 11.3. The minimum Gasteiger partial charge on any atom is -0.460 e. The molecule has 0 radical (unpaired) electrons. The first-order chi connectivity index (χ1) is 16.6. The second-order valence-electron chi connectivity index (χ2n) is 7.40. The molecular weight excluding hydrogens is 440 g/mol. The van der Waals surface area contributed by atoms with Crippen LogP contribution in [0.1, 0.15) is 56.3 Å². The molecule has 0 spiro atoms. The molecule has 1 aliphatic heterocycles. The molecule has 1 saturated heterocycles. The lowest BCUT2D eigenvalue weighted by Crippen LogP contribution is -2.43. The lowest BCUT2D eigenvalue weighted by atomic mass is 10.0. The van der Waals surface area contributed by atoms with Crippen molar-refractivity contribution in [3.8, 4) is 0 Å². The van der Waals surface area contributed by atoms with Gasteiger partial charge in [0.2, 0.25) is 5.76 Å². The van der Waals surface area contributed by atoms with E-state index in [1.165, 1.54) is 6.20 Å². The second-order valence-corrected chi connectivity index (χ2v) is 7.40. The molecule has 34 heavy (non-hydrogen) atoms. The summed E-state index contributed by atoms with van der Waals surface area (Å²) in [6, 6.07) is 1.85. The number of hydroxylamine groups is 1. The summed E-state index contributed by atoms with van der Waals surface area (Å²) in [4.78, 5) is 35.4. The summed E-state index contributed by atoms with van der Waals surface area (Å²) in [5.41, 5.74) is 8.04. The Hall–Kier alpha value is -3.24. The third-order valence-corrected chi connectivity index (χ3v) is 5.37. The largest absolute Gasteiger partial charge is 0.460 e. The lowest BCUT2D eigenvalue weighted by Gasteiger charge is -2.37. The van der Waals surface area contributed by atoms with Crippen molar-refractivity contribution in [2.75, 3.05) is 31.9 Å². The predicted molar refractivity (Wildman–Crippen MR) is 131 cm³/mol. The van der Waals surface area contributed by atoms with Gasteiger partial charge in [-0.15, -0.1) is 0 Å². The summed E-state index contributed by atoms with van der Waals surface area (Å²) in [5.74, 6) is -0.454. The Kier molecular flexibility index (Phi) is 10.7. The van der Waals surface area contributed by atoms with Gasteiger partial charge in [0.25, 0.3) is 0 Å². The molecule has 10 heteroatoms. The Balaban J connectivity index is 0.00000199. The number of anilines is 1. The number of pyridine rings is 1. The molecule has 0 bridgehead atoms. The average Bonchev–Trinajstić information content (AvgIpc) is 3.25. The molecule has 0 aromatic carbocycles. The number of ether oxygens (including phenoxy) is 2. The third-order valence-electron chi connectivity index (χ3n) is 5.37. The SMILES string of the molecule is C=O.CCOC(=O)c1oc2cnc(/C(C=NC)=C/N)cc2c1N(OCC)C1CCOC(CC)C1. The van der Waals surface area contributed by atoms with Crippen molar-refractivity contribution in [3.05, 3.63) is 29.9 Å². The summed E-state index contributed by atoms with van der Waals surface area (Å²) in [7, 11) is 1.66. The van der Waals surface area contributed by atoms with E-state index in [1.807, 2.05) is 19.8 Å². The van der Waals surface area contributed by atoms with Crippen LogP contribution >= 0.6 is 0 Å². The predicted octanol–water partition coefficient (Wildman–Crippen LogP) is 3.54. The van der Waals surface area contributed by atoms with E-state index in [9.17, 15) is 4.79 Å². The normalized spacial score (nSPS) is 18.5. The zero-order chi connectivity index (χ0) is 25.1. The van der Waals surface area contributed by atoms with Crippen LogP contribution in [0, 0.1) is 0 Å². The molecule has 0 aliphatic carbocycles. The Labute approximate surface area is 199 Å². The highest BCUT2D eigenvalue weighted by molar-refractivity contribution is 6.11. The summed E-state index contributed by atoms with van der Waals surface area (Å²) < 4.78 is 17.1. The number of fused-ring (bicyclic) bond motifs is 1. The van der Waals surface area contributed by atoms with E-state index in [4.69, 9.17) is 29.3 Å². The first kappa shape index (κ1) is 27.0. The summed E-state index contributed by atoms with van der Waals surface area (Å²) in [6.45, 7) is 9.05. The fourth-order valence-electron chi connectivity index (χ4n) is 3.88. The minimum atomic E-state index is -0.547. The lowest BCUT2D eigenvalue weighted by molar-refractivity contribution is -0.0980. The maximum Gasteiger partial charge on any atom is 0.376 e. The van der Waals surface area contributed by atoms with E-state index in [1.54, 1.807) is 31.4 Å². The Morgan fingerprint density at radius 1 is 1.35 bits per heavy atom. The quantitative estimate of drug-likeness (QED) is 0.329. The van der Waals surface area contributed by atoms with Crippen LogP contribution in [-0.2, 0) is 19.1 Å². The molecule has 2 N–H and O–H groups in total. The van der Waals surface area contributed by atoms with Gasteiger partial charge in [-0.05, 0) is 39.2 Å². The van der Waals surface area contributed by atoms with Crippen molar-refractivity contribution in [1.29, 1.82) is 0 Å². The van der Waals surface area contributed by atoms with Crippen molar-refractivity contribution in [3.63, 3.8) is 0 Å². The van der Waals surface area contributed by atoms with Gasteiger partial charge < -0.3 is 24.4 Å². The monoisotopic (exact) mass is 474 g/mol. The zero-order valence-corrected chi connectivity index (χ0v) is 20.3. The van der Waals surface area contributed by atoms with Gasteiger partial charge in [-0.1, -0.05) is 6.92 Å². The van der Waals surface area contributed by atoms with Crippen LogP contribution in [0.15, 0.2) is 27.9 Å². The van der Waals surface area contributed by atoms with Crippen LogP contribution < -0.4 is 10.8 Å². The van der Waals surface area contributed by atoms with Crippen molar-refractivity contribution in [1.82, 2.24) is 4.98 Å². The van der Waals surface area contributed by atoms with Gasteiger partial charge in [-0.3, -0.25) is 14.8 Å². The van der Waals surface area contributed by atoms with Crippen molar-refractivity contribution < 1.29 is 28.3 Å². The van der Waals surface area contributed by atoms with Gasteiger partial charge in [0, 0.05) is 31.6 Å². The molecule has 3 heterocycles. The number of aromatic nitrogens is 1. The number of carbonyl (C=O) groups is 2. The number of allylic oxidation sites excluding steroid dienone is 1. The number of nitrogens with zero attached hydrogens (tertiary/aromatic N) is 3. The van der Waals surface area contributed by atoms with Crippen LogP contribution in [0.3, 0.4) is 0 Å². The fraction of sp³-hybridized carbons (Fsp3) is 0.500. The van der Waals surface area contributed by atoms with Crippen LogP contribution in [0.25, 0.3) is 16.5 Å². The van der Waals surface area contributed by atoms with Gasteiger partial charge in [-0.2, -0.15) is 0 Å². The van der Waals surface area contributed by atoms with E-state index < -0.39 is 5.97 Å². The van der Waals surface area contributed by atoms with Gasteiger partial charge in [0.05, 0.1) is 42.6 Å². The third kappa shape index (κ3) is 6.00. The molecule has 3 rings (SSSR count). The Bertz CT molecular complexity index is 1000. The number of furan rings is 1. The smallest absolute Gasteiger partial charge is 0.376 e. The van der Waals surface area contributed by atoms with E-state index in [0.29, 0.717) is 41.1 Å². The van der Waals surface area contributed by atoms with Crippen LogP contribution in [-0.4, -0.2) is 63.0 Å². The molecule has 1 aliphatic rings. The van der Waals surface area contributed by atoms with Gasteiger partial charge in [-0.25, -0.2) is 9.86 Å². The van der Waals surface area contributed by atoms with E-state index in [2.05, 4.69) is 16.9 Å². The summed E-state index contributed by atoms with van der Waals surface area (Å²) in [6.07, 6.45) is 7.23. The number of esters is 1. The van der Waals surface area contributed by atoms with Crippen molar-refractivity contribution >= 4 is 41.2 Å².